The van der Waals surface area contributed by atoms with Crippen molar-refractivity contribution in [2.24, 2.45) is 0 Å². The van der Waals surface area contributed by atoms with E-state index in [2.05, 4.69) is 0 Å². The third-order valence-corrected chi connectivity index (χ3v) is 1.48. The summed E-state index contributed by atoms with van der Waals surface area (Å²) in [4.78, 5) is 10.1. The zero-order chi connectivity index (χ0) is 11.4. The summed E-state index contributed by atoms with van der Waals surface area (Å²) in [5.74, 6) is -0.957. The van der Waals surface area contributed by atoms with E-state index in [1.807, 2.05) is 0 Å². The summed E-state index contributed by atoms with van der Waals surface area (Å²) in [6.45, 7) is 2.71. The molecule has 5 heteroatoms. The first-order valence-corrected chi connectivity index (χ1v) is 4.81. The Kier molecular flexibility index (Phi) is 10.5. The molecule has 0 amide bonds. The second-order valence-corrected chi connectivity index (χ2v) is 2.77. The predicted molar refractivity (Wildman–Crippen MR) is 54.9 cm³/mol. The van der Waals surface area contributed by atoms with Crippen molar-refractivity contribution in [2.45, 2.75) is 6.42 Å². The topological polar surface area (TPSA) is 65.0 Å². The molecular formula is C10H18O5. The first-order valence-electron chi connectivity index (χ1n) is 4.81. The summed E-state index contributed by atoms with van der Waals surface area (Å²) in [7, 11) is 1.63. The van der Waals surface area contributed by atoms with E-state index in [0.29, 0.717) is 33.0 Å². The fourth-order valence-electron chi connectivity index (χ4n) is 0.808. The van der Waals surface area contributed by atoms with Crippen molar-refractivity contribution in [2.75, 3.05) is 40.1 Å². The van der Waals surface area contributed by atoms with Crippen LogP contribution in [0.5, 0.6) is 0 Å². The summed E-state index contributed by atoms with van der Waals surface area (Å²) < 4.78 is 15.1. The van der Waals surface area contributed by atoms with Gasteiger partial charge in [-0.05, 0) is 6.42 Å². The standard InChI is InChI=1S/C10H18O5/c1-13-8-9-15-7-3-6-14-5-2-4-10(11)12/h2,4H,3,5-9H2,1H3,(H,11,12)/b4-2+. The lowest BCUT2D eigenvalue weighted by Gasteiger charge is -2.03. The largest absolute Gasteiger partial charge is 0.478 e. The summed E-state index contributed by atoms with van der Waals surface area (Å²) in [6.07, 6.45) is 3.33. The number of carbonyl (C=O) groups is 1. The van der Waals surface area contributed by atoms with Crippen LogP contribution in [0, 0.1) is 0 Å². The maximum atomic E-state index is 10.1. The van der Waals surface area contributed by atoms with Crippen molar-refractivity contribution in [3.05, 3.63) is 12.2 Å². The van der Waals surface area contributed by atoms with Gasteiger partial charge in [0.1, 0.15) is 0 Å². The highest BCUT2D eigenvalue weighted by molar-refractivity contribution is 5.79. The van der Waals surface area contributed by atoms with Crippen molar-refractivity contribution in [1.29, 1.82) is 0 Å². The Hall–Kier alpha value is -0.910. The predicted octanol–water partition coefficient (Wildman–Crippen LogP) is 0.697. The van der Waals surface area contributed by atoms with E-state index in [1.165, 1.54) is 6.08 Å². The van der Waals surface area contributed by atoms with Crippen LogP contribution < -0.4 is 0 Å². The number of rotatable bonds is 10. The molecule has 0 aromatic carbocycles. The fourth-order valence-corrected chi connectivity index (χ4v) is 0.808. The highest BCUT2D eigenvalue weighted by atomic mass is 16.5. The molecule has 0 spiro atoms. The van der Waals surface area contributed by atoms with Crippen LogP contribution in [0.3, 0.4) is 0 Å². The van der Waals surface area contributed by atoms with Crippen molar-refractivity contribution >= 4 is 5.97 Å². The average Bonchev–Trinajstić information content (AvgIpc) is 2.20. The van der Waals surface area contributed by atoms with Gasteiger partial charge in [-0.1, -0.05) is 6.08 Å². The van der Waals surface area contributed by atoms with E-state index in [-0.39, 0.29) is 0 Å². The van der Waals surface area contributed by atoms with Gasteiger partial charge in [0.15, 0.2) is 0 Å². The Morgan fingerprint density at radius 2 is 1.93 bits per heavy atom. The fraction of sp³-hybridized carbons (Fsp3) is 0.700. The summed E-state index contributed by atoms with van der Waals surface area (Å²) in [6, 6.07) is 0. The number of ether oxygens (including phenoxy) is 3. The molecule has 0 saturated heterocycles. The van der Waals surface area contributed by atoms with Crippen LogP contribution in [0.4, 0.5) is 0 Å². The van der Waals surface area contributed by atoms with Gasteiger partial charge < -0.3 is 19.3 Å². The van der Waals surface area contributed by atoms with E-state index in [1.54, 1.807) is 7.11 Å². The van der Waals surface area contributed by atoms with E-state index < -0.39 is 5.97 Å². The molecule has 1 N–H and O–H groups in total. The molecule has 0 aliphatic heterocycles. The second-order valence-electron chi connectivity index (χ2n) is 2.77. The Bertz CT molecular complexity index is 179. The summed E-state index contributed by atoms with van der Waals surface area (Å²) >= 11 is 0. The highest BCUT2D eigenvalue weighted by Gasteiger charge is 1.90. The van der Waals surface area contributed by atoms with Crippen LogP contribution in [0.25, 0.3) is 0 Å². The van der Waals surface area contributed by atoms with Gasteiger partial charge in [0, 0.05) is 26.4 Å². The third-order valence-electron chi connectivity index (χ3n) is 1.48. The van der Waals surface area contributed by atoms with Gasteiger partial charge in [-0.25, -0.2) is 4.79 Å². The van der Waals surface area contributed by atoms with Crippen LogP contribution >= 0.6 is 0 Å². The molecule has 5 nitrogen and oxygen atoms in total. The van der Waals surface area contributed by atoms with Crippen LogP contribution in [0.1, 0.15) is 6.42 Å². The van der Waals surface area contributed by atoms with Crippen LogP contribution in [-0.2, 0) is 19.0 Å². The first kappa shape index (κ1) is 14.1. The molecular weight excluding hydrogens is 200 g/mol. The first-order chi connectivity index (χ1) is 7.27. The van der Waals surface area contributed by atoms with Gasteiger partial charge >= 0.3 is 5.97 Å². The second kappa shape index (κ2) is 11.2. The molecule has 0 saturated carbocycles. The molecule has 0 bridgehead atoms. The number of aliphatic carboxylic acids is 1. The third kappa shape index (κ3) is 13.1. The van der Waals surface area contributed by atoms with Crippen molar-refractivity contribution in [1.82, 2.24) is 0 Å². The molecule has 0 radical (unpaired) electrons. The zero-order valence-corrected chi connectivity index (χ0v) is 8.98. The molecule has 0 fully saturated rings. The minimum atomic E-state index is -0.957. The molecule has 0 unspecified atom stereocenters. The van der Waals surface area contributed by atoms with Gasteiger partial charge in [-0.3, -0.25) is 0 Å². The maximum Gasteiger partial charge on any atom is 0.328 e. The molecule has 0 aromatic heterocycles. The highest BCUT2D eigenvalue weighted by Crippen LogP contribution is 1.86. The van der Waals surface area contributed by atoms with Crippen LogP contribution in [-0.4, -0.2) is 51.2 Å². The van der Waals surface area contributed by atoms with Gasteiger partial charge in [0.25, 0.3) is 0 Å². The normalized spacial score (nSPS) is 11.0. The quantitative estimate of drug-likeness (QED) is 0.432. The maximum absolute atomic E-state index is 10.1. The van der Waals surface area contributed by atoms with Crippen molar-refractivity contribution in [3.8, 4) is 0 Å². The van der Waals surface area contributed by atoms with Gasteiger partial charge in [0.05, 0.1) is 19.8 Å². The monoisotopic (exact) mass is 218 g/mol. The average molecular weight is 218 g/mol. The Balaban J connectivity index is 3.02. The molecule has 0 aromatic rings. The van der Waals surface area contributed by atoms with Gasteiger partial charge in [-0.15, -0.1) is 0 Å². The molecule has 0 rings (SSSR count). The summed E-state index contributed by atoms with van der Waals surface area (Å²) in [5, 5.41) is 8.26. The minimum Gasteiger partial charge on any atom is -0.478 e. The van der Waals surface area contributed by atoms with Crippen molar-refractivity contribution < 1.29 is 24.1 Å². The van der Waals surface area contributed by atoms with Crippen LogP contribution in [0.15, 0.2) is 12.2 Å². The van der Waals surface area contributed by atoms with E-state index in [4.69, 9.17) is 19.3 Å². The van der Waals surface area contributed by atoms with E-state index in [9.17, 15) is 4.79 Å². The van der Waals surface area contributed by atoms with E-state index >= 15 is 0 Å². The Morgan fingerprint density at radius 3 is 2.60 bits per heavy atom. The lowest BCUT2D eigenvalue weighted by molar-refractivity contribution is -0.131. The summed E-state index contributed by atoms with van der Waals surface area (Å²) in [5.41, 5.74) is 0. The van der Waals surface area contributed by atoms with Crippen molar-refractivity contribution in [3.63, 3.8) is 0 Å². The van der Waals surface area contributed by atoms with Crippen LogP contribution in [0.2, 0.25) is 0 Å². The SMILES string of the molecule is COCCOCCCOC/C=C/C(=O)O. The smallest absolute Gasteiger partial charge is 0.328 e. The molecule has 0 heterocycles. The Morgan fingerprint density at radius 1 is 1.20 bits per heavy atom. The van der Waals surface area contributed by atoms with Gasteiger partial charge in [0.2, 0.25) is 0 Å². The lowest BCUT2D eigenvalue weighted by Crippen LogP contribution is -2.05. The van der Waals surface area contributed by atoms with E-state index in [0.717, 1.165) is 12.5 Å². The molecule has 0 atom stereocenters. The minimum absolute atomic E-state index is 0.324. The number of hydrogen-bond donors (Lipinski definition) is 1. The number of carboxylic acid groups (broad SMARTS) is 1. The van der Waals surface area contributed by atoms with Gasteiger partial charge in [-0.2, -0.15) is 0 Å². The molecule has 0 aliphatic carbocycles. The number of methoxy groups -OCH3 is 1. The zero-order valence-electron chi connectivity index (χ0n) is 8.98. The number of carboxylic acids is 1. The lowest BCUT2D eigenvalue weighted by atomic mass is 10.5. The molecule has 15 heavy (non-hydrogen) atoms. The Labute approximate surface area is 89.6 Å². The molecule has 0 aliphatic rings. The number of hydrogen-bond acceptors (Lipinski definition) is 4. The molecule has 88 valence electrons.